The van der Waals surface area contributed by atoms with E-state index in [1.54, 1.807) is 0 Å². The van der Waals surface area contributed by atoms with Crippen LogP contribution in [0.15, 0.2) is 30.6 Å². The number of rotatable bonds is 2. The first kappa shape index (κ1) is 14.1. The molecule has 0 spiro atoms. The van der Waals surface area contributed by atoms with Gasteiger partial charge < -0.3 is 11.1 Å². The Bertz CT molecular complexity index is 847. The fourth-order valence-corrected chi connectivity index (χ4v) is 3.22. The molecule has 118 valence electrons. The van der Waals surface area contributed by atoms with Crippen LogP contribution in [0.1, 0.15) is 30.1 Å². The molecule has 1 atom stereocenters. The summed E-state index contributed by atoms with van der Waals surface area (Å²) in [6.07, 6.45) is 6.13. The van der Waals surface area contributed by atoms with Gasteiger partial charge in [-0.2, -0.15) is 0 Å². The largest absolute Gasteiger partial charge is 0.382 e. The molecular weight excluding hydrogens is 288 g/mol. The molecule has 0 bridgehead atoms. The van der Waals surface area contributed by atoms with Crippen LogP contribution in [0.2, 0.25) is 0 Å². The molecular formula is C17H20N6. The molecule has 3 aromatic heterocycles. The average molecular weight is 308 g/mol. The number of nitrogens with one attached hydrogen (secondary N) is 1. The standard InChI is InChI=1S/C17H20N6/c1-11-17(18)22-16(15(21-11)12-5-4-7-19-9-12)13-10-20-14-6-2-3-8-23(13)14/h2-3,6,8,10,12,19H,4-5,7,9H2,1H3,(H2,18,22)/t12-/m1/s1. The molecule has 0 unspecified atom stereocenters. The zero-order chi connectivity index (χ0) is 15.8. The monoisotopic (exact) mass is 308 g/mol. The van der Waals surface area contributed by atoms with Crippen LogP contribution in [0.3, 0.4) is 0 Å². The number of aryl methyl sites for hydroxylation is 1. The maximum absolute atomic E-state index is 6.05. The van der Waals surface area contributed by atoms with E-state index in [0.717, 1.165) is 54.4 Å². The van der Waals surface area contributed by atoms with Crippen molar-refractivity contribution in [2.45, 2.75) is 25.7 Å². The summed E-state index contributed by atoms with van der Waals surface area (Å²) in [4.78, 5) is 13.9. The Labute approximate surface area is 134 Å². The molecule has 3 aromatic rings. The number of aromatic nitrogens is 4. The zero-order valence-electron chi connectivity index (χ0n) is 13.2. The number of anilines is 1. The highest BCUT2D eigenvalue weighted by atomic mass is 15.0. The first-order valence-corrected chi connectivity index (χ1v) is 8.01. The van der Waals surface area contributed by atoms with Crippen LogP contribution >= 0.6 is 0 Å². The van der Waals surface area contributed by atoms with Gasteiger partial charge in [0.05, 0.1) is 23.3 Å². The van der Waals surface area contributed by atoms with Crippen molar-refractivity contribution in [2.24, 2.45) is 0 Å². The number of nitrogen functional groups attached to an aromatic ring is 1. The Morgan fingerprint density at radius 3 is 3.04 bits per heavy atom. The second kappa shape index (κ2) is 5.62. The lowest BCUT2D eigenvalue weighted by Crippen LogP contribution is -2.29. The molecule has 0 aliphatic carbocycles. The number of pyridine rings is 1. The van der Waals surface area contributed by atoms with Gasteiger partial charge in [0.1, 0.15) is 17.2 Å². The third-order valence-electron chi connectivity index (χ3n) is 4.48. The third-order valence-corrected chi connectivity index (χ3v) is 4.48. The van der Waals surface area contributed by atoms with Gasteiger partial charge >= 0.3 is 0 Å². The van der Waals surface area contributed by atoms with Crippen molar-refractivity contribution in [2.75, 3.05) is 18.8 Å². The molecule has 4 rings (SSSR count). The molecule has 1 saturated heterocycles. The molecule has 0 radical (unpaired) electrons. The second-order valence-corrected chi connectivity index (χ2v) is 6.04. The molecule has 0 saturated carbocycles. The molecule has 0 aromatic carbocycles. The molecule has 3 N–H and O–H groups in total. The summed E-state index contributed by atoms with van der Waals surface area (Å²) in [5.41, 5.74) is 10.6. The van der Waals surface area contributed by atoms with Gasteiger partial charge in [-0.3, -0.25) is 9.38 Å². The Hall–Kier alpha value is -2.47. The number of nitrogens with zero attached hydrogens (tertiary/aromatic N) is 4. The van der Waals surface area contributed by atoms with E-state index in [1.165, 1.54) is 0 Å². The Morgan fingerprint density at radius 2 is 2.22 bits per heavy atom. The number of hydrogen-bond donors (Lipinski definition) is 2. The van der Waals surface area contributed by atoms with E-state index in [2.05, 4.69) is 15.3 Å². The SMILES string of the molecule is Cc1nc([C@@H]2CCCNC2)c(-c2cnc3ccccn23)nc1N. The van der Waals surface area contributed by atoms with Crippen molar-refractivity contribution >= 4 is 11.5 Å². The molecule has 1 aliphatic heterocycles. The fraction of sp³-hybridized carbons (Fsp3) is 0.353. The highest BCUT2D eigenvalue weighted by Gasteiger charge is 2.24. The summed E-state index contributed by atoms with van der Waals surface area (Å²) < 4.78 is 2.04. The van der Waals surface area contributed by atoms with Crippen molar-refractivity contribution in [3.8, 4) is 11.4 Å². The fourth-order valence-electron chi connectivity index (χ4n) is 3.22. The molecule has 23 heavy (non-hydrogen) atoms. The maximum Gasteiger partial charge on any atom is 0.145 e. The minimum atomic E-state index is 0.361. The van der Waals surface area contributed by atoms with E-state index in [9.17, 15) is 0 Å². The van der Waals surface area contributed by atoms with Crippen LogP contribution in [-0.4, -0.2) is 32.4 Å². The predicted octanol–water partition coefficient (Wildman–Crippen LogP) is 2.15. The molecule has 1 aliphatic rings. The third kappa shape index (κ3) is 2.45. The summed E-state index contributed by atoms with van der Waals surface area (Å²) in [5, 5.41) is 3.46. The highest BCUT2D eigenvalue weighted by Crippen LogP contribution is 2.31. The van der Waals surface area contributed by atoms with E-state index >= 15 is 0 Å². The number of hydrogen-bond acceptors (Lipinski definition) is 5. The van der Waals surface area contributed by atoms with Gasteiger partial charge in [-0.15, -0.1) is 0 Å². The molecule has 4 heterocycles. The topological polar surface area (TPSA) is 81.1 Å². The minimum absolute atomic E-state index is 0.361. The van der Waals surface area contributed by atoms with Crippen molar-refractivity contribution in [3.63, 3.8) is 0 Å². The molecule has 6 nitrogen and oxygen atoms in total. The summed E-state index contributed by atoms with van der Waals surface area (Å²) in [7, 11) is 0. The van der Waals surface area contributed by atoms with E-state index in [0.29, 0.717) is 11.7 Å². The van der Waals surface area contributed by atoms with Crippen LogP contribution < -0.4 is 11.1 Å². The lowest BCUT2D eigenvalue weighted by Gasteiger charge is -2.24. The number of fused-ring (bicyclic) bond motifs is 1. The van der Waals surface area contributed by atoms with Gasteiger partial charge in [-0.1, -0.05) is 6.07 Å². The number of nitrogens with two attached hydrogens (primary N) is 1. The first-order valence-electron chi connectivity index (χ1n) is 8.01. The van der Waals surface area contributed by atoms with Crippen LogP contribution in [0.5, 0.6) is 0 Å². The summed E-state index contributed by atoms with van der Waals surface area (Å²) in [6.45, 7) is 3.92. The van der Waals surface area contributed by atoms with Gasteiger partial charge in [-0.05, 0) is 38.4 Å². The smallest absolute Gasteiger partial charge is 0.145 e. The van der Waals surface area contributed by atoms with Gasteiger partial charge in [0, 0.05) is 18.7 Å². The quantitative estimate of drug-likeness (QED) is 0.758. The van der Waals surface area contributed by atoms with Crippen LogP contribution in [0.4, 0.5) is 5.82 Å². The van der Waals surface area contributed by atoms with Gasteiger partial charge in [0.15, 0.2) is 0 Å². The van der Waals surface area contributed by atoms with Gasteiger partial charge in [-0.25, -0.2) is 9.97 Å². The van der Waals surface area contributed by atoms with Gasteiger partial charge in [0.25, 0.3) is 0 Å². The minimum Gasteiger partial charge on any atom is -0.382 e. The van der Waals surface area contributed by atoms with E-state index in [-0.39, 0.29) is 0 Å². The average Bonchev–Trinajstić information content (AvgIpc) is 3.02. The van der Waals surface area contributed by atoms with Crippen molar-refractivity contribution < 1.29 is 0 Å². The van der Waals surface area contributed by atoms with Crippen molar-refractivity contribution in [3.05, 3.63) is 42.0 Å². The van der Waals surface area contributed by atoms with Crippen LogP contribution in [-0.2, 0) is 0 Å². The lowest BCUT2D eigenvalue weighted by atomic mass is 9.93. The maximum atomic E-state index is 6.05. The van der Waals surface area contributed by atoms with Crippen LogP contribution in [0.25, 0.3) is 17.0 Å². The summed E-state index contributed by atoms with van der Waals surface area (Å²) in [6, 6.07) is 5.95. The molecule has 6 heteroatoms. The number of imidazole rings is 1. The molecule has 0 amide bonds. The van der Waals surface area contributed by atoms with Crippen molar-refractivity contribution in [1.82, 2.24) is 24.7 Å². The zero-order valence-corrected chi connectivity index (χ0v) is 13.2. The highest BCUT2D eigenvalue weighted by molar-refractivity contribution is 5.64. The molecule has 1 fully saturated rings. The van der Waals surface area contributed by atoms with E-state index in [1.807, 2.05) is 41.9 Å². The lowest BCUT2D eigenvalue weighted by molar-refractivity contribution is 0.454. The Morgan fingerprint density at radius 1 is 1.30 bits per heavy atom. The Balaban J connectivity index is 1.91. The summed E-state index contributed by atoms with van der Waals surface area (Å²) in [5.74, 6) is 0.846. The van der Waals surface area contributed by atoms with E-state index in [4.69, 9.17) is 10.7 Å². The normalized spacial score (nSPS) is 18.4. The predicted molar refractivity (Wildman–Crippen MR) is 90.2 cm³/mol. The second-order valence-electron chi connectivity index (χ2n) is 6.04. The summed E-state index contributed by atoms with van der Waals surface area (Å²) >= 11 is 0. The van der Waals surface area contributed by atoms with Gasteiger partial charge in [0.2, 0.25) is 0 Å². The van der Waals surface area contributed by atoms with Crippen LogP contribution in [0, 0.1) is 6.92 Å². The van der Waals surface area contributed by atoms with E-state index < -0.39 is 0 Å². The van der Waals surface area contributed by atoms with Crippen molar-refractivity contribution in [1.29, 1.82) is 0 Å². The Kier molecular flexibility index (Phi) is 3.46. The number of piperidine rings is 1. The first-order chi connectivity index (χ1) is 11.2.